The second kappa shape index (κ2) is 6.11. The first kappa shape index (κ1) is 17.9. The molecule has 1 saturated heterocycles. The molecule has 3 rings (SSSR count). The van der Waals surface area contributed by atoms with Crippen LogP contribution in [0.25, 0.3) is 0 Å². The number of benzene rings is 1. The fourth-order valence-electron chi connectivity index (χ4n) is 4.71. The monoisotopic (exact) mass is 346 g/mol. The summed E-state index contributed by atoms with van der Waals surface area (Å²) in [6.07, 6.45) is 3.98. The van der Waals surface area contributed by atoms with E-state index in [1.807, 2.05) is 11.9 Å². The number of fused-ring (bicyclic) bond motifs is 3. The van der Waals surface area contributed by atoms with Crippen LogP contribution in [0, 0.1) is 0 Å². The molecule has 2 aliphatic heterocycles. The fraction of sp³-hybridized carbons (Fsp3) is 0.650. The van der Waals surface area contributed by atoms with Crippen LogP contribution in [0.2, 0.25) is 0 Å². The van der Waals surface area contributed by atoms with Crippen molar-refractivity contribution in [2.24, 2.45) is 0 Å². The van der Waals surface area contributed by atoms with Gasteiger partial charge in [-0.25, -0.2) is 4.79 Å². The van der Waals surface area contributed by atoms with Crippen LogP contribution in [0.4, 0.5) is 4.79 Å². The van der Waals surface area contributed by atoms with Crippen LogP contribution in [0.15, 0.2) is 12.1 Å². The number of hydrogen-bond donors (Lipinski definition) is 0. The summed E-state index contributed by atoms with van der Waals surface area (Å²) in [6.45, 7) is 7.32. The molecule has 5 heteroatoms. The number of methoxy groups -OCH3 is 2. The minimum Gasteiger partial charge on any atom is -0.493 e. The van der Waals surface area contributed by atoms with Crippen molar-refractivity contribution in [1.82, 2.24) is 9.80 Å². The van der Waals surface area contributed by atoms with Crippen molar-refractivity contribution in [3.63, 3.8) is 0 Å². The van der Waals surface area contributed by atoms with Crippen LogP contribution >= 0.6 is 0 Å². The van der Waals surface area contributed by atoms with Crippen molar-refractivity contribution in [2.45, 2.75) is 57.5 Å². The Bertz CT molecular complexity index is 686. The van der Waals surface area contributed by atoms with Crippen molar-refractivity contribution in [3.05, 3.63) is 23.3 Å². The topological polar surface area (TPSA) is 42.0 Å². The summed E-state index contributed by atoms with van der Waals surface area (Å²) < 4.78 is 11.1. The molecular formula is C20H30N2O3. The van der Waals surface area contributed by atoms with Crippen LogP contribution in [0.1, 0.15) is 51.2 Å². The smallest absolute Gasteiger partial charge is 0.321 e. The Morgan fingerprint density at radius 1 is 1.16 bits per heavy atom. The summed E-state index contributed by atoms with van der Waals surface area (Å²) in [6, 6.07) is 4.32. The highest BCUT2D eigenvalue weighted by molar-refractivity contribution is 5.81. The Morgan fingerprint density at radius 2 is 1.80 bits per heavy atom. The third-order valence-corrected chi connectivity index (χ3v) is 6.38. The maximum atomic E-state index is 13.0. The molecule has 0 bridgehead atoms. The summed E-state index contributed by atoms with van der Waals surface area (Å²) in [7, 11) is 5.26. The maximum absolute atomic E-state index is 13.0. The summed E-state index contributed by atoms with van der Waals surface area (Å²) in [5, 5.41) is 0. The molecule has 0 N–H and O–H groups in total. The number of likely N-dealkylation sites (N-methyl/N-ethyl adjacent to an activating group) is 1. The second-order valence-corrected chi connectivity index (χ2v) is 7.63. The van der Waals surface area contributed by atoms with Gasteiger partial charge in [0.1, 0.15) is 0 Å². The van der Waals surface area contributed by atoms with E-state index in [-0.39, 0.29) is 17.1 Å². The first-order valence-electron chi connectivity index (χ1n) is 9.16. The van der Waals surface area contributed by atoms with E-state index >= 15 is 0 Å². The Morgan fingerprint density at radius 3 is 2.40 bits per heavy atom. The predicted molar refractivity (Wildman–Crippen MR) is 98.4 cm³/mol. The number of amides is 2. The molecular weight excluding hydrogens is 316 g/mol. The molecule has 0 aromatic heterocycles. The quantitative estimate of drug-likeness (QED) is 0.814. The zero-order chi connectivity index (χ0) is 18.4. The first-order valence-corrected chi connectivity index (χ1v) is 9.16. The van der Waals surface area contributed by atoms with Gasteiger partial charge in [-0.15, -0.1) is 0 Å². The van der Waals surface area contributed by atoms with Gasteiger partial charge in [-0.1, -0.05) is 19.8 Å². The molecule has 25 heavy (non-hydrogen) atoms. The van der Waals surface area contributed by atoms with Gasteiger partial charge in [0.25, 0.3) is 0 Å². The zero-order valence-corrected chi connectivity index (χ0v) is 16.3. The zero-order valence-electron chi connectivity index (χ0n) is 16.3. The van der Waals surface area contributed by atoms with E-state index in [2.05, 4.69) is 37.8 Å². The van der Waals surface area contributed by atoms with Crippen LogP contribution in [0.5, 0.6) is 11.5 Å². The van der Waals surface area contributed by atoms with E-state index in [9.17, 15) is 4.79 Å². The first-order chi connectivity index (χ1) is 11.8. The third-order valence-electron chi connectivity index (χ3n) is 6.38. The van der Waals surface area contributed by atoms with Crippen molar-refractivity contribution >= 4 is 6.03 Å². The average Bonchev–Trinajstić information content (AvgIpc) is 2.77. The minimum absolute atomic E-state index is 0.126. The normalized spacial score (nSPS) is 24.2. The summed E-state index contributed by atoms with van der Waals surface area (Å²) in [5.74, 6) is 1.49. The highest BCUT2D eigenvalue weighted by Crippen LogP contribution is 2.55. The van der Waals surface area contributed by atoms with E-state index in [1.165, 1.54) is 11.1 Å². The average molecular weight is 346 g/mol. The van der Waals surface area contributed by atoms with Crippen molar-refractivity contribution in [3.8, 4) is 11.5 Å². The van der Waals surface area contributed by atoms with Crippen molar-refractivity contribution in [2.75, 3.05) is 27.8 Å². The summed E-state index contributed by atoms with van der Waals surface area (Å²) in [4.78, 5) is 17.0. The molecule has 1 atom stereocenters. The maximum Gasteiger partial charge on any atom is 0.321 e. The lowest BCUT2D eigenvalue weighted by Gasteiger charge is -2.50. The molecule has 1 aromatic carbocycles. The van der Waals surface area contributed by atoms with Gasteiger partial charge in [0, 0.05) is 13.6 Å². The number of rotatable bonds is 5. The molecule has 1 fully saturated rings. The number of urea groups is 1. The minimum atomic E-state index is -0.331. The van der Waals surface area contributed by atoms with Gasteiger partial charge in [0.15, 0.2) is 11.5 Å². The van der Waals surface area contributed by atoms with Gasteiger partial charge in [0.2, 0.25) is 0 Å². The number of ether oxygens (including phenoxy) is 2. The van der Waals surface area contributed by atoms with E-state index in [1.54, 1.807) is 14.2 Å². The fourth-order valence-corrected chi connectivity index (χ4v) is 4.71. The molecule has 5 nitrogen and oxygen atoms in total. The second-order valence-electron chi connectivity index (χ2n) is 7.63. The predicted octanol–water partition coefficient (Wildman–Crippen LogP) is 3.79. The summed E-state index contributed by atoms with van der Waals surface area (Å²) >= 11 is 0. The van der Waals surface area contributed by atoms with Crippen molar-refractivity contribution < 1.29 is 14.3 Å². The third kappa shape index (κ3) is 2.24. The van der Waals surface area contributed by atoms with Gasteiger partial charge >= 0.3 is 6.03 Å². The van der Waals surface area contributed by atoms with Gasteiger partial charge < -0.3 is 19.3 Å². The standard InChI is InChI=1S/C20H30N2O3/c1-7-8-10-20-15-13-17(25-6)16(24-5)12-14(15)9-11-22(20)18(23)21(4)19(20,2)3/h12-13H,7-11H2,1-6H3. The van der Waals surface area contributed by atoms with E-state index in [4.69, 9.17) is 9.47 Å². The largest absolute Gasteiger partial charge is 0.493 e. The molecule has 1 unspecified atom stereocenters. The van der Waals surface area contributed by atoms with Gasteiger partial charge in [-0.2, -0.15) is 0 Å². The molecule has 2 aliphatic rings. The molecule has 1 aromatic rings. The number of carbonyl (C=O) groups is 1. The SMILES string of the molecule is CCCCC12c3cc(OC)c(OC)cc3CCN1C(=O)N(C)C2(C)C. The van der Waals surface area contributed by atoms with E-state index in [0.29, 0.717) is 0 Å². The number of nitrogens with zero attached hydrogens (tertiary/aromatic N) is 2. The molecule has 138 valence electrons. The molecule has 2 amide bonds. The molecule has 0 radical (unpaired) electrons. The Kier molecular flexibility index (Phi) is 4.38. The van der Waals surface area contributed by atoms with Gasteiger partial charge in [-0.05, 0) is 49.9 Å². The van der Waals surface area contributed by atoms with Crippen molar-refractivity contribution in [1.29, 1.82) is 0 Å². The van der Waals surface area contributed by atoms with Gasteiger partial charge in [0.05, 0.1) is 25.3 Å². The molecule has 0 aliphatic carbocycles. The Hall–Kier alpha value is -1.91. The lowest BCUT2D eigenvalue weighted by Crippen LogP contribution is -2.57. The van der Waals surface area contributed by atoms with Crippen LogP contribution < -0.4 is 9.47 Å². The van der Waals surface area contributed by atoms with E-state index < -0.39 is 0 Å². The number of hydrogen-bond acceptors (Lipinski definition) is 3. The van der Waals surface area contributed by atoms with Crippen LogP contribution in [-0.2, 0) is 12.0 Å². The lowest BCUT2D eigenvalue weighted by atomic mass is 9.67. The van der Waals surface area contributed by atoms with Crippen LogP contribution in [-0.4, -0.2) is 49.2 Å². The number of carbonyl (C=O) groups excluding carboxylic acids is 1. The highest BCUT2D eigenvalue weighted by Gasteiger charge is 2.63. The molecule has 0 spiro atoms. The Labute approximate surface area is 150 Å². The summed E-state index contributed by atoms with van der Waals surface area (Å²) in [5.41, 5.74) is 1.85. The lowest BCUT2D eigenvalue weighted by molar-refractivity contribution is 0.0591. The Balaban J connectivity index is 2.27. The molecule has 0 saturated carbocycles. The number of unbranched alkanes of at least 4 members (excludes halogenated alkanes) is 1. The molecule has 2 heterocycles. The van der Waals surface area contributed by atoms with Gasteiger partial charge in [-0.3, -0.25) is 0 Å². The highest BCUT2D eigenvalue weighted by atomic mass is 16.5. The van der Waals surface area contributed by atoms with E-state index in [0.717, 1.165) is 43.7 Å². The van der Waals surface area contributed by atoms with Crippen LogP contribution in [0.3, 0.4) is 0 Å².